The highest BCUT2D eigenvalue weighted by molar-refractivity contribution is 7.13. The maximum absolute atomic E-state index is 11.6. The van der Waals surface area contributed by atoms with Crippen LogP contribution in [0.25, 0.3) is 0 Å². The lowest BCUT2D eigenvalue weighted by Crippen LogP contribution is -2.40. The van der Waals surface area contributed by atoms with Crippen LogP contribution in [-0.4, -0.2) is 17.4 Å². The van der Waals surface area contributed by atoms with Crippen molar-refractivity contribution in [2.24, 2.45) is 5.41 Å². The van der Waals surface area contributed by atoms with Gasteiger partial charge in [-0.25, -0.2) is 4.98 Å². The van der Waals surface area contributed by atoms with E-state index < -0.39 is 0 Å². The molecule has 0 aromatic carbocycles. The van der Waals surface area contributed by atoms with Crippen molar-refractivity contribution in [3.8, 4) is 0 Å². The van der Waals surface area contributed by atoms with E-state index in [0.29, 0.717) is 17.0 Å². The summed E-state index contributed by atoms with van der Waals surface area (Å²) in [6.07, 6.45) is 4.06. The molecule has 4 nitrogen and oxygen atoms in total. The third-order valence-corrected chi connectivity index (χ3v) is 3.91. The average molecular weight is 239 g/mol. The Morgan fingerprint density at radius 2 is 2.44 bits per heavy atom. The minimum absolute atomic E-state index is 0.0402. The molecule has 1 aliphatic carbocycles. The van der Waals surface area contributed by atoms with E-state index in [2.05, 4.69) is 17.2 Å². The topological polar surface area (TPSA) is 68.0 Å². The van der Waals surface area contributed by atoms with Crippen molar-refractivity contribution in [2.45, 2.75) is 32.6 Å². The smallest absolute Gasteiger partial charge is 0.226 e. The number of nitrogens with zero attached hydrogens (tertiary/aromatic N) is 1. The normalized spacial score (nSPS) is 17.8. The highest BCUT2D eigenvalue weighted by atomic mass is 32.1. The minimum Gasteiger partial charge on any atom is -0.375 e. The van der Waals surface area contributed by atoms with Gasteiger partial charge in [0.25, 0.3) is 0 Å². The largest absolute Gasteiger partial charge is 0.375 e. The van der Waals surface area contributed by atoms with Gasteiger partial charge in [0.05, 0.1) is 12.1 Å². The zero-order valence-corrected chi connectivity index (χ0v) is 10.3. The van der Waals surface area contributed by atoms with Crippen LogP contribution in [0, 0.1) is 5.41 Å². The maximum atomic E-state index is 11.6. The molecule has 88 valence electrons. The van der Waals surface area contributed by atoms with E-state index in [1.54, 1.807) is 0 Å². The van der Waals surface area contributed by atoms with Gasteiger partial charge in [-0.05, 0) is 18.3 Å². The maximum Gasteiger partial charge on any atom is 0.226 e. The number of carbonyl (C=O) groups is 1. The molecular formula is C11H17N3OS. The van der Waals surface area contributed by atoms with E-state index in [1.165, 1.54) is 30.6 Å². The first-order valence-electron chi connectivity index (χ1n) is 5.54. The number of aromatic nitrogens is 1. The number of thiazole rings is 1. The van der Waals surface area contributed by atoms with Crippen molar-refractivity contribution < 1.29 is 4.79 Å². The van der Waals surface area contributed by atoms with E-state index in [9.17, 15) is 4.79 Å². The first-order valence-corrected chi connectivity index (χ1v) is 6.42. The van der Waals surface area contributed by atoms with E-state index in [-0.39, 0.29) is 5.91 Å². The van der Waals surface area contributed by atoms with Crippen molar-refractivity contribution in [2.75, 3.05) is 12.3 Å². The molecule has 0 unspecified atom stereocenters. The number of hydrogen-bond acceptors (Lipinski definition) is 4. The first-order chi connectivity index (χ1) is 7.57. The lowest BCUT2D eigenvalue weighted by Gasteiger charge is -2.38. The molecule has 1 fully saturated rings. The van der Waals surface area contributed by atoms with E-state index >= 15 is 0 Å². The van der Waals surface area contributed by atoms with Crippen molar-refractivity contribution in [1.29, 1.82) is 0 Å². The summed E-state index contributed by atoms with van der Waals surface area (Å²) in [5, 5.41) is 5.32. The zero-order chi connectivity index (χ0) is 11.6. The monoisotopic (exact) mass is 239 g/mol. The average Bonchev–Trinajstić information content (AvgIpc) is 2.58. The second-order valence-electron chi connectivity index (χ2n) is 4.79. The van der Waals surface area contributed by atoms with Crippen LogP contribution in [0.3, 0.4) is 0 Å². The summed E-state index contributed by atoms with van der Waals surface area (Å²) < 4.78 is 0. The molecule has 3 N–H and O–H groups in total. The van der Waals surface area contributed by atoms with Crippen LogP contribution < -0.4 is 11.1 Å². The number of amides is 1. The van der Waals surface area contributed by atoms with Crippen molar-refractivity contribution >= 4 is 22.4 Å². The molecule has 0 atom stereocenters. The molecule has 0 bridgehead atoms. The Hall–Kier alpha value is -1.10. The number of nitrogens with two attached hydrogens (primary N) is 1. The van der Waals surface area contributed by atoms with Crippen LogP contribution in [0.2, 0.25) is 0 Å². The van der Waals surface area contributed by atoms with Crippen LogP contribution in [0.1, 0.15) is 31.9 Å². The fraction of sp³-hybridized carbons (Fsp3) is 0.636. The van der Waals surface area contributed by atoms with Gasteiger partial charge in [-0.15, -0.1) is 11.3 Å². The summed E-state index contributed by atoms with van der Waals surface area (Å²) in [7, 11) is 0. The summed E-state index contributed by atoms with van der Waals surface area (Å²) in [6, 6.07) is 0. The molecular weight excluding hydrogens is 222 g/mol. The van der Waals surface area contributed by atoms with E-state index in [4.69, 9.17) is 5.73 Å². The number of nitrogens with one attached hydrogen (secondary N) is 1. The molecule has 0 radical (unpaired) electrons. The number of carbonyl (C=O) groups excluding carboxylic acids is 1. The first kappa shape index (κ1) is 11.4. The van der Waals surface area contributed by atoms with Gasteiger partial charge in [0.15, 0.2) is 5.13 Å². The molecule has 1 saturated carbocycles. The molecule has 1 aromatic rings. The summed E-state index contributed by atoms with van der Waals surface area (Å²) in [5.74, 6) is 0.0402. The van der Waals surface area contributed by atoms with Crippen LogP contribution in [0.15, 0.2) is 5.38 Å². The Morgan fingerprint density at radius 3 is 2.94 bits per heavy atom. The molecule has 5 heteroatoms. The molecule has 1 aliphatic rings. The summed E-state index contributed by atoms with van der Waals surface area (Å²) in [6.45, 7) is 3.00. The number of rotatable bonds is 4. The quantitative estimate of drug-likeness (QED) is 0.838. The Labute approximate surface area is 99.3 Å². The molecule has 16 heavy (non-hydrogen) atoms. The summed E-state index contributed by atoms with van der Waals surface area (Å²) in [4.78, 5) is 15.7. The second-order valence-corrected chi connectivity index (χ2v) is 5.68. The Kier molecular flexibility index (Phi) is 3.14. The standard InChI is InChI=1S/C11H17N3OS/c1-11(3-2-4-11)7-13-9(15)5-8-6-16-10(12)14-8/h6H,2-5,7H2,1H3,(H2,12,14)(H,13,15). The molecule has 2 rings (SSSR count). The van der Waals surface area contributed by atoms with Gasteiger partial charge < -0.3 is 11.1 Å². The fourth-order valence-electron chi connectivity index (χ4n) is 1.90. The fourth-order valence-corrected chi connectivity index (χ4v) is 2.46. The van der Waals surface area contributed by atoms with Gasteiger partial charge in [0.1, 0.15) is 0 Å². The molecule has 0 saturated heterocycles. The summed E-state index contributed by atoms with van der Waals surface area (Å²) >= 11 is 1.37. The summed E-state index contributed by atoms with van der Waals surface area (Å²) in [5.41, 5.74) is 6.60. The molecule has 1 aromatic heterocycles. The number of nitrogen functional groups attached to an aromatic ring is 1. The number of anilines is 1. The van der Waals surface area contributed by atoms with Gasteiger partial charge in [0.2, 0.25) is 5.91 Å². The predicted octanol–water partition coefficient (Wildman–Crippen LogP) is 1.57. The third kappa shape index (κ3) is 2.72. The van der Waals surface area contributed by atoms with E-state index in [1.807, 2.05) is 5.38 Å². The van der Waals surface area contributed by atoms with Gasteiger partial charge in [-0.2, -0.15) is 0 Å². The second kappa shape index (κ2) is 4.41. The Balaban J connectivity index is 1.76. The molecule has 0 aliphatic heterocycles. The van der Waals surface area contributed by atoms with Gasteiger partial charge in [-0.3, -0.25) is 4.79 Å². The lowest BCUT2D eigenvalue weighted by molar-refractivity contribution is -0.121. The van der Waals surface area contributed by atoms with Crippen molar-refractivity contribution in [3.05, 3.63) is 11.1 Å². The van der Waals surface area contributed by atoms with Crippen LogP contribution in [0.5, 0.6) is 0 Å². The Morgan fingerprint density at radius 1 is 1.69 bits per heavy atom. The van der Waals surface area contributed by atoms with Crippen LogP contribution in [-0.2, 0) is 11.2 Å². The van der Waals surface area contributed by atoms with Gasteiger partial charge in [-0.1, -0.05) is 13.3 Å². The number of hydrogen-bond donors (Lipinski definition) is 2. The third-order valence-electron chi connectivity index (χ3n) is 3.18. The molecule has 1 heterocycles. The van der Waals surface area contributed by atoms with Crippen molar-refractivity contribution in [1.82, 2.24) is 10.3 Å². The lowest BCUT2D eigenvalue weighted by atomic mass is 9.70. The Bertz CT molecular complexity index is 384. The molecule has 1 amide bonds. The highest BCUT2D eigenvalue weighted by Gasteiger charge is 2.31. The molecule has 0 spiro atoms. The highest BCUT2D eigenvalue weighted by Crippen LogP contribution is 2.39. The van der Waals surface area contributed by atoms with E-state index in [0.717, 1.165) is 12.2 Å². The van der Waals surface area contributed by atoms with Gasteiger partial charge in [0, 0.05) is 11.9 Å². The van der Waals surface area contributed by atoms with Crippen molar-refractivity contribution in [3.63, 3.8) is 0 Å². The van der Waals surface area contributed by atoms with Gasteiger partial charge >= 0.3 is 0 Å². The minimum atomic E-state index is 0.0402. The van der Waals surface area contributed by atoms with Crippen LogP contribution >= 0.6 is 11.3 Å². The zero-order valence-electron chi connectivity index (χ0n) is 9.45. The predicted molar refractivity (Wildman–Crippen MR) is 65.2 cm³/mol. The van der Waals surface area contributed by atoms with Crippen LogP contribution in [0.4, 0.5) is 5.13 Å². The SMILES string of the molecule is CC1(CNC(=O)Cc2csc(N)n2)CCC1.